The van der Waals surface area contributed by atoms with E-state index in [4.69, 9.17) is 0 Å². The molecule has 1 saturated heterocycles. The Hall–Kier alpha value is -1.58. The largest absolute Gasteiger partial charge is 0.376 e. The Morgan fingerprint density at radius 2 is 2.05 bits per heavy atom. The van der Waals surface area contributed by atoms with Crippen LogP contribution in [-0.2, 0) is 4.79 Å². The Labute approximate surface area is 131 Å². The van der Waals surface area contributed by atoms with Crippen molar-refractivity contribution in [1.29, 1.82) is 0 Å². The van der Waals surface area contributed by atoms with Crippen molar-refractivity contribution in [3.05, 3.63) is 29.6 Å². The molecule has 2 fully saturated rings. The zero-order chi connectivity index (χ0) is 15.5. The van der Waals surface area contributed by atoms with Crippen molar-refractivity contribution in [3.8, 4) is 0 Å². The molecule has 2 unspecified atom stereocenters. The maximum Gasteiger partial charge on any atom is 0.242 e. The van der Waals surface area contributed by atoms with Crippen molar-refractivity contribution in [1.82, 2.24) is 4.90 Å². The van der Waals surface area contributed by atoms with Crippen molar-refractivity contribution in [2.24, 2.45) is 5.92 Å². The van der Waals surface area contributed by atoms with Crippen LogP contribution in [0.3, 0.4) is 0 Å². The molecule has 4 heteroatoms. The molecule has 2 aliphatic rings. The number of carbonyl (C=O) groups is 1. The fourth-order valence-corrected chi connectivity index (χ4v) is 3.99. The van der Waals surface area contributed by atoms with E-state index in [1.165, 1.54) is 37.8 Å². The molecule has 22 heavy (non-hydrogen) atoms. The van der Waals surface area contributed by atoms with Crippen LogP contribution in [0.5, 0.6) is 0 Å². The number of nitrogens with one attached hydrogen (secondary N) is 1. The summed E-state index contributed by atoms with van der Waals surface area (Å²) < 4.78 is 13.3. The van der Waals surface area contributed by atoms with Gasteiger partial charge in [0.1, 0.15) is 5.82 Å². The lowest BCUT2D eigenvalue weighted by Gasteiger charge is -2.44. The van der Waals surface area contributed by atoms with Crippen LogP contribution in [0, 0.1) is 18.7 Å². The van der Waals surface area contributed by atoms with E-state index in [1.807, 2.05) is 6.92 Å². The molecule has 1 aromatic rings. The van der Waals surface area contributed by atoms with Gasteiger partial charge in [0.05, 0.1) is 6.54 Å². The summed E-state index contributed by atoms with van der Waals surface area (Å²) in [5.74, 6) is 0.577. The molecule has 0 aromatic heterocycles. The van der Waals surface area contributed by atoms with Crippen LogP contribution in [0.2, 0.25) is 0 Å². The molecule has 3 nitrogen and oxygen atoms in total. The van der Waals surface area contributed by atoms with Crippen LogP contribution < -0.4 is 5.32 Å². The Bertz CT molecular complexity index is 544. The normalized spacial score (nSPS) is 24.7. The highest BCUT2D eigenvalue weighted by Crippen LogP contribution is 2.35. The molecule has 120 valence electrons. The Morgan fingerprint density at radius 1 is 1.27 bits per heavy atom. The van der Waals surface area contributed by atoms with E-state index in [0.29, 0.717) is 17.6 Å². The second-order valence-corrected chi connectivity index (χ2v) is 6.65. The van der Waals surface area contributed by atoms with Gasteiger partial charge in [-0.2, -0.15) is 0 Å². The smallest absolute Gasteiger partial charge is 0.242 e. The van der Waals surface area contributed by atoms with Gasteiger partial charge in [-0.3, -0.25) is 4.79 Å². The number of amides is 1. The van der Waals surface area contributed by atoms with E-state index >= 15 is 0 Å². The maximum atomic E-state index is 13.3. The summed E-state index contributed by atoms with van der Waals surface area (Å²) in [6.45, 7) is 3.06. The standard InChI is InChI=1S/C18H25FN2O/c1-13-8-9-15(19)11-16(13)20-12-18(22)21-10-4-6-14-5-2-3-7-17(14)21/h8-9,11,14,17,20H,2-7,10,12H2,1H3. The lowest BCUT2D eigenvalue weighted by Crippen LogP contribution is -2.51. The quantitative estimate of drug-likeness (QED) is 0.923. The SMILES string of the molecule is Cc1ccc(F)cc1NCC(=O)N1CCCC2CCCCC21. The van der Waals surface area contributed by atoms with Gasteiger partial charge in [-0.15, -0.1) is 0 Å². The predicted octanol–water partition coefficient (Wildman–Crippen LogP) is 3.73. The minimum atomic E-state index is -0.272. The maximum absolute atomic E-state index is 13.3. The first-order chi connectivity index (χ1) is 10.6. The summed E-state index contributed by atoms with van der Waals surface area (Å²) in [5, 5.41) is 3.12. The predicted molar refractivity (Wildman–Crippen MR) is 86.3 cm³/mol. The molecule has 1 N–H and O–H groups in total. The zero-order valence-corrected chi connectivity index (χ0v) is 13.3. The number of hydrogen-bond acceptors (Lipinski definition) is 2. The highest BCUT2D eigenvalue weighted by atomic mass is 19.1. The number of halogens is 1. The second kappa shape index (κ2) is 6.67. The fraction of sp³-hybridized carbons (Fsp3) is 0.611. The van der Waals surface area contributed by atoms with E-state index in [9.17, 15) is 9.18 Å². The van der Waals surface area contributed by atoms with Crippen molar-refractivity contribution < 1.29 is 9.18 Å². The number of aryl methyl sites for hydroxylation is 1. The molecule has 1 aliphatic heterocycles. The summed E-state index contributed by atoms with van der Waals surface area (Å²) in [6, 6.07) is 5.08. The highest BCUT2D eigenvalue weighted by Gasteiger charge is 2.35. The fourth-order valence-electron chi connectivity index (χ4n) is 3.99. The van der Waals surface area contributed by atoms with Crippen LogP contribution in [0.4, 0.5) is 10.1 Å². The first-order valence-corrected chi connectivity index (χ1v) is 8.44. The van der Waals surface area contributed by atoms with Gasteiger partial charge >= 0.3 is 0 Å². The van der Waals surface area contributed by atoms with Crippen molar-refractivity contribution in [3.63, 3.8) is 0 Å². The first kappa shape index (κ1) is 15.3. The topological polar surface area (TPSA) is 32.3 Å². The van der Waals surface area contributed by atoms with E-state index in [1.54, 1.807) is 6.07 Å². The minimum Gasteiger partial charge on any atom is -0.376 e. The molecule has 0 spiro atoms. The van der Waals surface area contributed by atoms with E-state index in [0.717, 1.165) is 24.9 Å². The number of rotatable bonds is 3. The summed E-state index contributed by atoms with van der Waals surface area (Å²) >= 11 is 0. The van der Waals surface area contributed by atoms with Gasteiger partial charge in [0.2, 0.25) is 5.91 Å². The van der Waals surface area contributed by atoms with Gasteiger partial charge in [0.25, 0.3) is 0 Å². The summed E-state index contributed by atoms with van der Waals surface area (Å²) in [7, 11) is 0. The Balaban J connectivity index is 1.62. The molecular formula is C18H25FN2O. The molecule has 2 atom stereocenters. The Kier molecular flexibility index (Phi) is 4.65. The first-order valence-electron chi connectivity index (χ1n) is 8.44. The molecule has 1 aromatic carbocycles. The number of likely N-dealkylation sites (tertiary alicyclic amines) is 1. The monoisotopic (exact) mass is 304 g/mol. The van der Waals surface area contributed by atoms with Gasteiger partial charge in [0.15, 0.2) is 0 Å². The van der Waals surface area contributed by atoms with Gasteiger partial charge in [-0.25, -0.2) is 4.39 Å². The molecule has 0 bridgehead atoms. The molecule has 3 rings (SSSR count). The highest BCUT2D eigenvalue weighted by molar-refractivity contribution is 5.81. The summed E-state index contributed by atoms with van der Waals surface area (Å²) in [6.07, 6.45) is 7.35. The van der Waals surface area contributed by atoms with E-state index in [2.05, 4.69) is 10.2 Å². The number of carbonyl (C=O) groups excluding carboxylic acids is 1. The minimum absolute atomic E-state index is 0.153. The summed E-state index contributed by atoms with van der Waals surface area (Å²) in [4.78, 5) is 14.7. The van der Waals surface area contributed by atoms with Gasteiger partial charge in [-0.1, -0.05) is 18.9 Å². The second-order valence-electron chi connectivity index (χ2n) is 6.65. The average Bonchev–Trinajstić information content (AvgIpc) is 2.55. The molecule has 0 radical (unpaired) electrons. The van der Waals surface area contributed by atoms with Crippen molar-refractivity contribution in [2.75, 3.05) is 18.4 Å². The third kappa shape index (κ3) is 3.26. The van der Waals surface area contributed by atoms with Gasteiger partial charge in [-0.05, 0) is 56.2 Å². The third-order valence-corrected chi connectivity index (χ3v) is 5.19. The van der Waals surface area contributed by atoms with Crippen molar-refractivity contribution in [2.45, 2.75) is 51.5 Å². The van der Waals surface area contributed by atoms with Crippen LogP contribution in [0.1, 0.15) is 44.1 Å². The Morgan fingerprint density at radius 3 is 2.91 bits per heavy atom. The number of benzene rings is 1. The molecular weight excluding hydrogens is 279 g/mol. The van der Waals surface area contributed by atoms with Gasteiger partial charge in [0, 0.05) is 18.3 Å². The van der Waals surface area contributed by atoms with E-state index < -0.39 is 0 Å². The molecule has 1 heterocycles. The van der Waals surface area contributed by atoms with Gasteiger partial charge < -0.3 is 10.2 Å². The average molecular weight is 304 g/mol. The molecule has 1 saturated carbocycles. The number of fused-ring (bicyclic) bond motifs is 1. The van der Waals surface area contributed by atoms with Crippen LogP contribution >= 0.6 is 0 Å². The number of hydrogen-bond donors (Lipinski definition) is 1. The summed E-state index contributed by atoms with van der Waals surface area (Å²) in [5.41, 5.74) is 1.67. The zero-order valence-electron chi connectivity index (χ0n) is 13.3. The van der Waals surface area contributed by atoms with Crippen molar-refractivity contribution >= 4 is 11.6 Å². The van der Waals surface area contributed by atoms with Crippen LogP contribution in [0.15, 0.2) is 18.2 Å². The molecule has 1 amide bonds. The number of piperidine rings is 1. The van der Waals surface area contributed by atoms with Crippen LogP contribution in [0.25, 0.3) is 0 Å². The molecule has 1 aliphatic carbocycles. The third-order valence-electron chi connectivity index (χ3n) is 5.19. The lowest BCUT2D eigenvalue weighted by atomic mass is 9.78. The number of nitrogens with zero attached hydrogens (tertiary/aromatic N) is 1. The van der Waals surface area contributed by atoms with E-state index in [-0.39, 0.29) is 18.3 Å². The lowest BCUT2D eigenvalue weighted by molar-refractivity contribution is -0.135. The van der Waals surface area contributed by atoms with Crippen LogP contribution in [-0.4, -0.2) is 29.9 Å². The number of anilines is 1.